The molecule has 2 aromatic carbocycles. The number of methoxy groups -OCH3 is 1. The van der Waals surface area contributed by atoms with Gasteiger partial charge in [-0.1, -0.05) is 34.1 Å². The highest BCUT2D eigenvalue weighted by molar-refractivity contribution is 9.10. The van der Waals surface area contributed by atoms with Gasteiger partial charge in [0, 0.05) is 11.0 Å². The summed E-state index contributed by atoms with van der Waals surface area (Å²) in [5.74, 6) is 1.45. The third kappa shape index (κ3) is 5.57. The molecule has 2 aromatic rings. The highest BCUT2D eigenvalue weighted by Crippen LogP contribution is 2.19. The molecule has 0 saturated heterocycles. The third-order valence-corrected chi connectivity index (χ3v) is 4.14. The van der Waals surface area contributed by atoms with Crippen molar-refractivity contribution in [3.63, 3.8) is 0 Å². The highest BCUT2D eigenvalue weighted by Gasteiger charge is 2.14. The Morgan fingerprint density at radius 1 is 1.17 bits per heavy atom. The average Bonchev–Trinajstić information content (AvgIpc) is 2.60. The Bertz CT molecular complexity index is 658. The Kier molecular flexibility index (Phi) is 7.12. The SMILES string of the molecule is COc1ccccc1CCCNC(=O)[C@H](C)Oc1ccc(Br)cc1. The molecule has 0 unspecified atom stereocenters. The number of rotatable bonds is 8. The number of benzene rings is 2. The predicted molar refractivity (Wildman–Crippen MR) is 98.6 cm³/mol. The zero-order chi connectivity index (χ0) is 17.4. The maximum Gasteiger partial charge on any atom is 0.260 e. The fourth-order valence-electron chi connectivity index (χ4n) is 2.31. The van der Waals surface area contributed by atoms with Crippen molar-refractivity contribution in [3.8, 4) is 11.5 Å². The monoisotopic (exact) mass is 391 g/mol. The van der Waals surface area contributed by atoms with Crippen LogP contribution in [0.15, 0.2) is 53.0 Å². The normalized spacial score (nSPS) is 11.6. The average molecular weight is 392 g/mol. The van der Waals surface area contributed by atoms with Crippen LogP contribution in [0.1, 0.15) is 18.9 Å². The molecule has 0 radical (unpaired) electrons. The van der Waals surface area contributed by atoms with Gasteiger partial charge in [0.2, 0.25) is 0 Å². The topological polar surface area (TPSA) is 47.6 Å². The first-order valence-corrected chi connectivity index (χ1v) is 8.71. The Morgan fingerprint density at radius 3 is 2.58 bits per heavy atom. The van der Waals surface area contributed by atoms with Gasteiger partial charge in [0.25, 0.3) is 5.91 Å². The van der Waals surface area contributed by atoms with Gasteiger partial charge in [-0.2, -0.15) is 0 Å². The second-order valence-corrected chi connectivity index (χ2v) is 6.34. The summed E-state index contributed by atoms with van der Waals surface area (Å²) in [6, 6.07) is 15.4. The summed E-state index contributed by atoms with van der Waals surface area (Å²) in [6.45, 7) is 2.35. The molecule has 0 aliphatic rings. The van der Waals surface area contributed by atoms with E-state index >= 15 is 0 Å². The quantitative estimate of drug-likeness (QED) is 0.692. The number of aryl methyl sites for hydroxylation is 1. The van der Waals surface area contributed by atoms with Crippen molar-refractivity contribution >= 4 is 21.8 Å². The van der Waals surface area contributed by atoms with E-state index in [0.29, 0.717) is 12.3 Å². The second kappa shape index (κ2) is 9.33. The lowest BCUT2D eigenvalue weighted by molar-refractivity contribution is -0.127. The van der Waals surface area contributed by atoms with Gasteiger partial charge in [0.05, 0.1) is 7.11 Å². The molecular weight excluding hydrogens is 370 g/mol. The molecule has 24 heavy (non-hydrogen) atoms. The molecule has 0 fully saturated rings. The smallest absolute Gasteiger partial charge is 0.260 e. The number of nitrogens with one attached hydrogen (secondary N) is 1. The fourth-order valence-corrected chi connectivity index (χ4v) is 2.58. The summed E-state index contributed by atoms with van der Waals surface area (Å²) in [5.41, 5.74) is 1.15. The van der Waals surface area contributed by atoms with Crippen molar-refractivity contribution in [2.24, 2.45) is 0 Å². The number of ether oxygens (including phenoxy) is 2. The third-order valence-electron chi connectivity index (χ3n) is 3.61. The molecule has 1 amide bonds. The second-order valence-electron chi connectivity index (χ2n) is 5.42. The largest absolute Gasteiger partial charge is 0.496 e. The van der Waals surface area contributed by atoms with Gasteiger partial charge < -0.3 is 14.8 Å². The maximum absolute atomic E-state index is 12.1. The zero-order valence-electron chi connectivity index (χ0n) is 13.9. The molecule has 1 atom stereocenters. The first kappa shape index (κ1) is 18.3. The van der Waals surface area contributed by atoms with Gasteiger partial charge in [-0.05, 0) is 55.7 Å². The van der Waals surface area contributed by atoms with Crippen molar-refractivity contribution in [2.75, 3.05) is 13.7 Å². The number of amides is 1. The van der Waals surface area contributed by atoms with Crippen molar-refractivity contribution in [3.05, 3.63) is 58.6 Å². The number of carbonyl (C=O) groups excluding carboxylic acids is 1. The van der Waals surface area contributed by atoms with E-state index in [1.807, 2.05) is 48.5 Å². The van der Waals surface area contributed by atoms with E-state index < -0.39 is 6.10 Å². The van der Waals surface area contributed by atoms with E-state index in [-0.39, 0.29) is 5.91 Å². The molecule has 0 bridgehead atoms. The summed E-state index contributed by atoms with van der Waals surface area (Å²) in [4.78, 5) is 12.1. The van der Waals surface area contributed by atoms with Crippen LogP contribution < -0.4 is 14.8 Å². The molecule has 0 saturated carbocycles. The fraction of sp³-hybridized carbons (Fsp3) is 0.316. The number of hydrogen-bond donors (Lipinski definition) is 1. The summed E-state index contributed by atoms with van der Waals surface area (Å²) >= 11 is 3.37. The molecule has 0 heterocycles. The number of para-hydroxylation sites is 1. The van der Waals surface area contributed by atoms with Crippen LogP contribution in [0.4, 0.5) is 0 Å². The summed E-state index contributed by atoms with van der Waals surface area (Å²) in [5, 5.41) is 2.91. The van der Waals surface area contributed by atoms with Crippen LogP contribution in [0.2, 0.25) is 0 Å². The predicted octanol–water partition coefficient (Wildman–Crippen LogP) is 3.97. The van der Waals surface area contributed by atoms with Crippen LogP contribution in [-0.2, 0) is 11.2 Å². The van der Waals surface area contributed by atoms with Crippen LogP contribution in [0.3, 0.4) is 0 Å². The van der Waals surface area contributed by atoms with E-state index in [2.05, 4.69) is 21.2 Å². The van der Waals surface area contributed by atoms with Gasteiger partial charge in [-0.3, -0.25) is 4.79 Å². The minimum atomic E-state index is -0.530. The van der Waals surface area contributed by atoms with Gasteiger partial charge >= 0.3 is 0 Å². The number of halogens is 1. The standard InChI is InChI=1S/C19H22BrNO3/c1-14(24-17-11-9-16(20)10-12-17)19(22)21-13-5-7-15-6-3-4-8-18(15)23-2/h3-4,6,8-12,14H,5,7,13H2,1-2H3,(H,21,22)/t14-/m0/s1. The molecule has 4 nitrogen and oxygen atoms in total. The number of carbonyl (C=O) groups is 1. The van der Waals surface area contributed by atoms with Crippen molar-refractivity contribution in [1.82, 2.24) is 5.32 Å². The summed E-state index contributed by atoms with van der Waals surface area (Å²) in [6.07, 6.45) is 1.17. The van der Waals surface area contributed by atoms with Crippen LogP contribution >= 0.6 is 15.9 Å². The first-order valence-electron chi connectivity index (χ1n) is 7.92. The Hall–Kier alpha value is -2.01. The molecule has 2 rings (SSSR count). The molecule has 0 aliphatic carbocycles. The Balaban J connectivity index is 1.73. The molecule has 5 heteroatoms. The molecule has 1 N–H and O–H groups in total. The van der Waals surface area contributed by atoms with E-state index in [1.165, 1.54) is 0 Å². The van der Waals surface area contributed by atoms with Crippen molar-refractivity contribution in [2.45, 2.75) is 25.9 Å². The lowest BCUT2D eigenvalue weighted by Gasteiger charge is -2.15. The van der Waals surface area contributed by atoms with Gasteiger partial charge in [-0.15, -0.1) is 0 Å². The molecule has 0 spiro atoms. The van der Waals surface area contributed by atoms with Crippen LogP contribution in [-0.4, -0.2) is 25.7 Å². The van der Waals surface area contributed by atoms with Gasteiger partial charge in [0.15, 0.2) is 6.10 Å². The summed E-state index contributed by atoms with van der Waals surface area (Å²) in [7, 11) is 1.67. The Labute approximate surface area is 151 Å². The van der Waals surface area contributed by atoms with Crippen LogP contribution in [0, 0.1) is 0 Å². The van der Waals surface area contributed by atoms with Crippen LogP contribution in [0.25, 0.3) is 0 Å². The van der Waals surface area contributed by atoms with E-state index in [4.69, 9.17) is 9.47 Å². The van der Waals surface area contributed by atoms with Crippen molar-refractivity contribution < 1.29 is 14.3 Å². The number of hydrogen-bond acceptors (Lipinski definition) is 3. The first-order chi connectivity index (χ1) is 11.6. The molecule has 128 valence electrons. The molecule has 0 aromatic heterocycles. The lowest BCUT2D eigenvalue weighted by atomic mass is 10.1. The van der Waals surface area contributed by atoms with Gasteiger partial charge in [0.1, 0.15) is 11.5 Å². The molecular formula is C19H22BrNO3. The lowest BCUT2D eigenvalue weighted by Crippen LogP contribution is -2.36. The minimum absolute atomic E-state index is 0.113. The highest BCUT2D eigenvalue weighted by atomic mass is 79.9. The van der Waals surface area contributed by atoms with E-state index in [9.17, 15) is 4.79 Å². The van der Waals surface area contributed by atoms with Crippen LogP contribution in [0.5, 0.6) is 11.5 Å². The minimum Gasteiger partial charge on any atom is -0.496 e. The molecule has 0 aliphatic heterocycles. The van der Waals surface area contributed by atoms with E-state index in [0.717, 1.165) is 28.6 Å². The maximum atomic E-state index is 12.1. The zero-order valence-corrected chi connectivity index (χ0v) is 15.5. The Morgan fingerprint density at radius 2 is 1.88 bits per heavy atom. The van der Waals surface area contributed by atoms with E-state index in [1.54, 1.807) is 14.0 Å². The van der Waals surface area contributed by atoms with Gasteiger partial charge in [-0.25, -0.2) is 0 Å². The van der Waals surface area contributed by atoms with Crippen molar-refractivity contribution in [1.29, 1.82) is 0 Å². The summed E-state index contributed by atoms with van der Waals surface area (Å²) < 4.78 is 11.9.